The summed E-state index contributed by atoms with van der Waals surface area (Å²) in [6.07, 6.45) is 1.31. The standard InChI is InChI=1S/C11H10N4O3/c16-11-5-10(13-7-14-11)12-6-8-1-3-9(4-2-8)15(17)18/h1-5,7H,6H2,(H2,12,13,14,16). The monoisotopic (exact) mass is 246 g/mol. The highest BCUT2D eigenvalue weighted by Gasteiger charge is 2.03. The Labute approximate surface area is 102 Å². The fourth-order valence-corrected chi connectivity index (χ4v) is 1.39. The van der Waals surface area contributed by atoms with Gasteiger partial charge in [0.25, 0.3) is 11.2 Å². The lowest BCUT2D eigenvalue weighted by Gasteiger charge is -2.04. The first-order valence-electron chi connectivity index (χ1n) is 5.17. The number of benzene rings is 1. The number of nitro benzene ring substituents is 1. The van der Waals surface area contributed by atoms with Crippen LogP contribution in [0.5, 0.6) is 0 Å². The Hall–Kier alpha value is -2.70. The summed E-state index contributed by atoms with van der Waals surface area (Å²) in [5.41, 5.74) is 0.673. The molecular weight excluding hydrogens is 236 g/mol. The number of hydrogen-bond acceptors (Lipinski definition) is 5. The van der Waals surface area contributed by atoms with Crippen LogP contribution in [0.1, 0.15) is 5.56 Å². The van der Waals surface area contributed by atoms with Gasteiger partial charge in [-0.25, -0.2) is 4.98 Å². The fraction of sp³-hybridized carbons (Fsp3) is 0.0909. The van der Waals surface area contributed by atoms with Crippen molar-refractivity contribution in [3.8, 4) is 0 Å². The second kappa shape index (κ2) is 5.09. The summed E-state index contributed by atoms with van der Waals surface area (Å²) >= 11 is 0. The van der Waals surface area contributed by atoms with Gasteiger partial charge in [0.15, 0.2) is 0 Å². The summed E-state index contributed by atoms with van der Waals surface area (Å²) < 4.78 is 0. The topological polar surface area (TPSA) is 101 Å². The molecule has 0 radical (unpaired) electrons. The van der Waals surface area contributed by atoms with Gasteiger partial charge in [0, 0.05) is 24.7 Å². The molecule has 0 spiro atoms. The Morgan fingerprint density at radius 3 is 2.67 bits per heavy atom. The molecule has 0 aliphatic carbocycles. The normalized spacial score (nSPS) is 10.0. The summed E-state index contributed by atoms with van der Waals surface area (Å²) in [4.78, 5) is 27.4. The molecule has 2 rings (SSSR count). The molecule has 2 N–H and O–H groups in total. The van der Waals surface area contributed by atoms with Crippen LogP contribution in [-0.4, -0.2) is 14.9 Å². The second-order valence-corrected chi connectivity index (χ2v) is 3.57. The van der Waals surface area contributed by atoms with Gasteiger partial charge < -0.3 is 10.3 Å². The number of nitrogens with one attached hydrogen (secondary N) is 2. The number of hydrogen-bond donors (Lipinski definition) is 2. The molecule has 0 aliphatic heterocycles. The lowest BCUT2D eigenvalue weighted by molar-refractivity contribution is -0.384. The summed E-state index contributed by atoms with van der Waals surface area (Å²) in [6.45, 7) is 0.439. The Morgan fingerprint density at radius 2 is 2.06 bits per heavy atom. The highest BCUT2D eigenvalue weighted by atomic mass is 16.6. The van der Waals surface area contributed by atoms with Crippen molar-refractivity contribution in [3.63, 3.8) is 0 Å². The van der Waals surface area contributed by atoms with E-state index in [-0.39, 0.29) is 11.2 Å². The van der Waals surface area contributed by atoms with Crippen molar-refractivity contribution in [2.75, 3.05) is 5.32 Å². The summed E-state index contributed by atoms with van der Waals surface area (Å²) in [5.74, 6) is 0.456. The molecule has 0 amide bonds. The quantitative estimate of drug-likeness (QED) is 0.625. The number of non-ortho nitro benzene ring substituents is 1. The smallest absolute Gasteiger partial charge is 0.269 e. The van der Waals surface area contributed by atoms with Crippen molar-refractivity contribution in [1.82, 2.24) is 9.97 Å². The first kappa shape index (κ1) is 11.8. The molecule has 1 heterocycles. The highest BCUT2D eigenvalue weighted by molar-refractivity contribution is 5.37. The van der Waals surface area contributed by atoms with Gasteiger partial charge in [0.2, 0.25) is 0 Å². The lowest BCUT2D eigenvalue weighted by atomic mass is 10.2. The van der Waals surface area contributed by atoms with E-state index < -0.39 is 4.92 Å². The molecule has 0 aliphatic rings. The average Bonchev–Trinajstić information content (AvgIpc) is 2.37. The fourth-order valence-electron chi connectivity index (χ4n) is 1.39. The molecule has 1 aromatic heterocycles. The van der Waals surface area contributed by atoms with E-state index in [1.54, 1.807) is 12.1 Å². The van der Waals surface area contributed by atoms with Crippen molar-refractivity contribution in [1.29, 1.82) is 0 Å². The van der Waals surface area contributed by atoms with E-state index in [2.05, 4.69) is 15.3 Å². The molecule has 0 saturated carbocycles. The minimum absolute atomic E-state index is 0.0491. The summed E-state index contributed by atoms with van der Waals surface area (Å²) in [6, 6.07) is 7.51. The van der Waals surface area contributed by atoms with Crippen LogP contribution in [0, 0.1) is 10.1 Å². The van der Waals surface area contributed by atoms with E-state index in [9.17, 15) is 14.9 Å². The molecule has 0 fully saturated rings. The SMILES string of the molecule is O=c1cc(NCc2ccc([N+](=O)[O-])cc2)nc[nH]1. The van der Waals surface area contributed by atoms with Gasteiger partial charge >= 0.3 is 0 Å². The third kappa shape index (κ3) is 2.91. The van der Waals surface area contributed by atoms with E-state index in [1.165, 1.54) is 24.5 Å². The van der Waals surface area contributed by atoms with Crippen LogP contribution in [0.3, 0.4) is 0 Å². The van der Waals surface area contributed by atoms with Crippen LogP contribution in [0.25, 0.3) is 0 Å². The van der Waals surface area contributed by atoms with E-state index in [4.69, 9.17) is 0 Å². The van der Waals surface area contributed by atoms with Crippen LogP contribution in [0.15, 0.2) is 41.5 Å². The van der Waals surface area contributed by atoms with Gasteiger partial charge in [0.05, 0.1) is 11.3 Å². The Balaban J connectivity index is 2.02. The third-order valence-electron chi connectivity index (χ3n) is 2.30. The molecule has 0 unspecified atom stereocenters. The molecule has 92 valence electrons. The maximum absolute atomic E-state index is 11.0. The van der Waals surface area contributed by atoms with Crippen molar-refractivity contribution < 1.29 is 4.92 Å². The minimum Gasteiger partial charge on any atom is -0.366 e. The van der Waals surface area contributed by atoms with Crippen LogP contribution in [-0.2, 0) is 6.54 Å². The van der Waals surface area contributed by atoms with Crippen LogP contribution < -0.4 is 10.9 Å². The van der Waals surface area contributed by atoms with Gasteiger partial charge in [-0.1, -0.05) is 12.1 Å². The number of aromatic amines is 1. The van der Waals surface area contributed by atoms with Gasteiger partial charge in [-0.05, 0) is 5.56 Å². The van der Waals surface area contributed by atoms with Gasteiger partial charge in [0.1, 0.15) is 5.82 Å². The minimum atomic E-state index is -0.449. The molecular formula is C11H10N4O3. The van der Waals surface area contributed by atoms with Crippen molar-refractivity contribution >= 4 is 11.5 Å². The zero-order chi connectivity index (χ0) is 13.0. The average molecular weight is 246 g/mol. The Kier molecular flexibility index (Phi) is 3.33. The summed E-state index contributed by atoms with van der Waals surface area (Å²) in [5, 5.41) is 13.4. The molecule has 0 atom stereocenters. The first-order chi connectivity index (χ1) is 8.65. The number of anilines is 1. The molecule has 1 aromatic carbocycles. The Morgan fingerprint density at radius 1 is 1.33 bits per heavy atom. The molecule has 7 nitrogen and oxygen atoms in total. The van der Waals surface area contributed by atoms with Gasteiger partial charge in [-0.15, -0.1) is 0 Å². The van der Waals surface area contributed by atoms with E-state index in [1.807, 2.05) is 0 Å². The van der Waals surface area contributed by atoms with Crippen molar-refractivity contribution in [2.45, 2.75) is 6.54 Å². The number of aromatic nitrogens is 2. The molecule has 7 heteroatoms. The maximum Gasteiger partial charge on any atom is 0.269 e. The van der Waals surface area contributed by atoms with E-state index in [0.29, 0.717) is 12.4 Å². The second-order valence-electron chi connectivity index (χ2n) is 3.57. The molecule has 0 bridgehead atoms. The van der Waals surface area contributed by atoms with Crippen LogP contribution in [0.2, 0.25) is 0 Å². The van der Waals surface area contributed by atoms with Crippen molar-refractivity contribution in [3.05, 3.63) is 62.7 Å². The largest absolute Gasteiger partial charge is 0.366 e. The lowest BCUT2D eigenvalue weighted by Crippen LogP contribution is -2.08. The zero-order valence-corrected chi connectivity index (χ0v) is 9.29. The van der Waals surface area contributed by atoms with Crippen LogP contribution >= 0.6 is 0 Å². The molecule has 0 saturated heterocycles. The predicted molar refractivity (Wildman–Crippen MR) is 65.3 cm³/mol. The molecule has 18 heavy (non-hydrogen) atoms. The van der Waals surface area contributed by atoms with Crippen LogP contribution in [0.4, 0.5) is 11.5 Å². The first-order valence-corrected chi connectivity index (χ1v) is 5.17. The Bertz CT molecular complexity index is 606. The molecule has 2 aromatic rings. The van der Waals surface area contributed by atoms with Gasteiger partial charge in [-0.3, -0.25) is 14.9 Å². The number of nitrogens with zero attached hydrogens (tertiary/aromatic N) is 2. The van der Waals surface area contributed by atoms with Gasteiger partial charge in [-0.2, -0.15) is 0 Å². The summed E-state index contributed by atoms with van der Waals surface area (Å²) in [7, 11) is 0. The highest BCUT2D eigenvalue weighted by Crippen LogP contribution is 2.12. The van der Waals surface area contributed by atoms with E-state index in [0.717, 1.165) is 5.56 Å². The van der Waals surface area contributed by atoms with E-state index >= 15 is 0 Å². The third-order valence-corrected chi connectivity index (χ3v) is 2.30. The van der Waals surface area contributed by atoms with Crippen molar-refractivity contribution in [2.24, 2.45) is 0 Å². The maximum atomic E-state index is 11.0. The number of rotatable bonds is 4. The zero-order valence-electron chi connectivity index (χ0n) is 9.29. The predicted octanol–water partition coefficient (Wildman–Crippen LogP) is 1.29. The number of H-pyrrole nitrogens is 1. The number of nitro groups is 1.